The van der Waals surface area contributed by atoms with E-state index in [1.807, 2.05) is 18.2 Å². The molecule has 0 bridgehead atoms. The monoisotopic (exact) mass is 275 g/mol. The summed E-state index contributed by atoms with van der Waals surface area (Å²) < 4.78 is 5.24. The van der Waals surface area contributed by atoms with Gasteiger partial charge >= 0.3 is 5.97 Å². The molecule has 0 spiro atoms. The highest BCUT2D eigenvalue weighted by Gasteiger charge is 2.34. The Morgan fingerprint density at radius 3 is 2.65 bits per heavy atom. The highest BCUT2D eigenvalue weighted by atomic mass is 16.5. The number of carbonyl (C=O) groups excluding carboxylic acids is 1. The van der Waals surface area contributed by atoms with Crippen molar-refractivity contribution >= 4 is 17.6 Å². The third kappa shape index (κ3) is 2.54. The van der Waals surface area contributed by atoms with E-state index in [0.717, 1.165) is 18.5 Å². The molecule has 1 fully saturated rings. The number of benzene rings is 1. The molecule has 1 amide bonds. The van der Waals surface area contributed by atoms with Crippen molar-refractivity contribution in [2.75, 3.05) is 5.32 Å². The van der Waals surface area contributed by atoms with Crippen molar-refractivity contribution in [3.63, 3.8) is 0 Å². The molecule has 1 heterocycles. The first-order valence-electron chi connectivity index (χ1n) is 6.94. The van der Waals surface area contributed by atoms with Crippen molar-refractivity contribution in [3.05, 3.63) is 29.3 Å². The number of ether oxygens (including phenoxy) is 1. The summed E-state index contributed by atoms with van der Waals surface area (Å²) in [4.78, 5) is 22.9. The van der Waals surface area contributed by atoms with Crippen LogP contribution in [0.1, 0.15) is 30.4 Å². The molecule has 2 atom stereocenters. The van der Waals surface area contributed by atoms with Gasteiger partial charge in [-0.1, -0.05) is 6.07 Å². The number of hydrogen-bond donors (Lipinski definition) is 2. The first-order valence-corrected chi connectivity index (χ1v) is 6.94. The number of carbonyl (C=O) groups is 2. The lowest BCUT2D eigenvalue weighted by atomic mass is 10.1. The second kappa shape index (κ2) is 5.25. The smallest absolute Gasteiger partial charge is 0.332 e. The molecule has 1 aliphatic heterocycles. The second-order valence-electron chi connectivity index (χ2n) is 5.36. The summed E-state index contributed by atoms with van der Waals surface area (Å²) in [7, 11) is 0. The maximum atomic E-state index is 12.1. The largest absolute Gasteiger partial charge is 0.479 e. The lowest BCUT2D eigenvalue weighted by Crippen LogP contribution is -2.29. The standard InChI is InChI=1S/C15H17NO4/c17-14(12-6-7-13(20-12)15(18)19)16-11-5-4-9-2-1-3-10(9)8-11/h4-5,8,12-13H,1-3,6-7H2,(H,16,17)(H,18,19)/t12-,13+/m0/s1. The molecule has 5 heteroatoms. The predicted molar refractivity (Wildman–Crippen MR) is 72.6 cm³/mol. The molecule has 1 aromatic carbocycles. The third-order valence-electron chi connectivity index (χ3n) is 3.95. The third-order valence-corrected chi connectivity index (χ3v) is 3.95. The first kappa shape index (κ1) is 13.1. The number of carboxylic acid groups (broad SMARTS) is 1. The van der Waals surface area contributed by atoms with Gasteiger partial charge in [0.1, 0.15) is 6.10 Å². The Labute approximate surface area is 116 Å². The van der Waals surface area contributed by atoms with Crippen LogP contribution in [0.15, 0.2) is 18.2 Å². The molecule has 3 rings (SSSR count). The predicted octanol–water partition coefficient (Wildman–Crippen LogP) is 1.75. The molecule has 20 heavy (non-hydrogen) atoms. The number of hydrogen-bond acceptors (Lipinski definition) is 3. The van der Waals surface area contributed by atoms with Crippen LogP contribution < -0.4 is 5.32 Å². The molecule has 5 nitrogen and oxygen atoms in total. The zero-order chi connectivity index (χ0) is 14.1. The van der Waals surface area contributed by atoms with Crippen molar-refractivity contribution in [2.24, 2.45) is 0 Å². The molecule has 0 unspecified atom stereocenters. The minimum atomic E-state index is -1.00. The number of aryl methyl sites for hydroxylation is 2. The number of nitrogens with one attached hydrogen (secondary N) is 1. The second-order valence-corrected chi connectivity index (χ2v) is 5.36. The number of rotatable bonds is 3. The van der Waals surface area contributed by atoms with Gasteiger partial charge in [0.2, 0.25) is 0 Å². The van der Waals surface area contributed by atoms with Gasteiger partial charge in [0.25, 0.3) is 5.91 Å². The summed E-state index contributed by atoms with van der Waals surface area (Å²) in [5.74, 6) is -1.26. The van der Waals surface area contributed by atoms with Gasteiger partial charge < -0.3 is 15.2 Å². The fraction of sp³-hybridized carbons (Fsp3) is 0.467. The van der Waals surface area contributed by atoms with Crippen LogP contribution >= 0.6 is 0 Å². The van der Waals surface area contributed by atoms with Crippen molar-refractivity contribution in [3.8, 4) is 0 Å². The quantitative estimate of drug-likeness (QED) is 0.881. The normalized spacial score (nSPS) is 24.4. The van der Waals surface area contributed by atoms with Gasteiger partial charge in [-0.25, -0.2) is 4.79 Å². The van der Waals surface area contributed by atoms with Crippen LogP contribution in [0.4, 0.5) is 5.69 Å². The number of anilines is 1. The molecule has 1 saturated heterocycles. The van der Waals surface area contributed by atoms with Crippen molar-refractivity contribution in [1.82, 2.24) is 0 Å². The summed E-state index contributed by atoms with van der Waals surface area (Å²) in [5, 5.41) is 11.7. The van der Waals surface area contributed by atoms with E-state index in [1.165, 1.54) is 17.5 Å². The van der Waals surface area contributed by atoms with E-state index in [0.29, 0.717) is 12.8 Å². The average Bonchev–Trinajstić information content (AvgIpc) is 3.07. The van der Waals surface area contributed by atoms with Crippen molar-refractivity contribution in [2.45, 2.75) is 44.3 Å². The molecule has 2 N–H and O–H groups in total. The molecule has 0 aromatic heterocycles. The highest BCUT2D eigenvalue weighted by molar-refractivity contribution is 5.94. The lowest BCUT2D eigenvalue weighted by Gasteiger charge is -2.12. The molecule has 106 valence electrons. The van der Waals surface area contributed by atoms with E-state index in [4.69, 9.17) is 9.84 Å². The summed E-state index contributed by atoms with van der Waals surface area (Å²) >= 11 is 0. The van der Waals surface area contributed by atoms with E-state index < -0.39 is 18.2 Å². The summed E-state index contributed by atoms with van der Waals surface area (Å²) in [6.45, 7) is 0. The van der Waals surface area contributed by atoms with Gasteiger partial charge in [-0.05, 0) is 55.4 Å². The Kier molecular flexibility index (Phi) is 3.44. The summed E-state index contributed by atoms with van der Waals surface area (Å²) in [6, 6.07) is 5.95. The van der Waals surface area contributed by atoms with E-state index in [9.17, 15) is 9.59 Å². The number of amides is 1. The lowest BCUT2D eigenvalue weighted by molar-refractivity contribution is -0.150. The Balaban J connectivity index is 1.63. The van der Waals surface area contributed by atoms with Gasteiger partial charge in [0.15, 0.2) is 6.10 Å². The minimum Gasteiger partial charge on any atom is -0.479 e. The van der Waals surface area contributed by atoms with Crippen molar-refractivity contribution < 1.29 is 19.4 Å². The van der Waals surface area contributed by atoms with Crippen LogP contribution in [0.3, 0.4) is 0 Å². The average molecular weight is 275 g/mol. The minimum absolute atomic E-state index is 0.258. The van der Waals surface area contributed by atoms with Crippen LogP contribution in [-0.4, -0.2) is 29.2 Å². The Morgan fingerprint density at radius 2 is 1.90 bits per heavy atom. The van der Waals surface area contributed by atoms with E-state index >= 15 is 0 Å². The van der Waals surface area contributed by atoms with Crippen LogP contribution in [0.5, 0.6) is 0 Å². The number of carboxylic acids is 1. The molecule has 2 aliphatic rings. The fourth-order valence-electron chi connectivity index (χ4n) is 2.88. The number of aliphatic carboxylic acids is 1. The van der Waals surface area contributed by atoms with E-state index in [2.05, 4.69) is 5.32 Å². The molecule has 1 aromatic rings. The summed E-state index contributed by atoms with van der Waals surface area (Å²) in [5.41, 5.74) is 3.41. The Morgan fingerprint density at radius 1 is 1.15 bits per heavy atom. The van der Waals surface area contributed by atoms with Crippen LogP contribution in [-0.2, 0) is 27.2 Å². The maximum Gasteiger partial charge on any atom is 0.332 e. The molecule has 1 aliphatic carbocycles. The Hall–Kier alpha value is -1.88. The molecule has 0 radical (unpaired) electrons. The fourth-order valence-corrected chi connectivity index (χ4v) is 2.88. The molecular weight excluding hydrogens is 258 g/mol. The van der Waals surface area contributed by atoms with E-state index in [-0.39, 0.29) is 5.91 Å². The van der Waals surface area contributed by atoms with Gasteiger partial charge in [-0.3, -0.25) is 4.79 Å². The Bertz CT molecular complexity index is 555. The van der Waals surface area contributed by atoms with Gasteiger partial charge in [-0.15, -0.1) is 0 Å². The van der Waals surface area contributed by atoms with Crippen LogP contribution in [0.25, 0.3) is 0 Å². The van der Waals surface area contributed by atoms with E-state index in [1.54, 1.807) is 0 Å². The first-order chi connectivity index (χ1) is 9.63. The van der Waals surface area contributed by atoms with Gasteiger partial charge in [0.05, 0.1) is 0 Å². The maximum absolute atomic E-state index is 12.1. The van der Waals surface area contributed by atoms with Gasteiger partial charge in [-0.2, -0.15) is 0 Å². The number of fused-ring (bicyclic) bond motifs is 1. The van der Waals surface area contributed by atoms with Gasteiger partial charge in [0, 0.05) is 5.69 Å². The van der Waals surface area contributed by atoms with Crippen molar-refractivity contribution in [1.29, 1.82) is 0 Å². The van der Waals surface area contributed by atoms with Crippen LogP contribution in [0.2, 0.25) is 0 Å². The SMILES string of the molecule is O=C(Nc1ccc2c(c1)CCC2)[C@@H]1CC[C@H](C(=O)O)O1. The summed E-state index contributed by atoms with van der Waals surface area (Å²) in [6.07, 6.45) is 2.65. The molecule has 0 saturated carbocycles. The van der Waals surface area contributed by atoms with Crippen LogP contribution in [0, 0.1) is 0 Å². The zero-order valence-electron chi connectivity index (χ0n) is 11.1. The highest BCUT2D eigenvalue weighted by Crippen LogP contribution is 2.26. The molecular formula is C15H17NO4. The topological polar surface area (TPSA) is 75.6 Å². The zero-order valence-corrected chi connectivity index (χ0v) is 11.1.